The van der Waals surface area contributed by atoms with Gasteiger partial charge in [0, 0.05) is 0 Å². The molecule has 4 heteroatoms. The van der Waals surface area contributed by atoms with Crippen LogP contribution in [-0.2, 0) is 16.4 Å². The normalized spacial score (nSPS) is 11.4. The molecule has 0 unspecified atom stereocenters. The van der Waals surface area contributed by atoms with Crippen LogP contribution in [0.15, 0.2) is 53.4 Å². The summed E-state index contributed by atoms with van der Waals surface area (Å²) in [6.07, 6.45) is 0.975. The first-order chi connectivity index (χ1) is 8.50. The Kier molecular flexibility index (Phi) is 3.50. The van der Waals surface area contributed by atoms with Gasteiger partial charge in [0.2, 0.25) is 10.0 Å². The fraction of sp³-hybridized carbons (Fsp3) is 0.143. The Hall–Kier alpha value is -1.65. The van der Waals surface area contributed by atoms with E-state index < -0.39 is 10.0 Å². The Balaban J connectivity index is 2.40. The van der Waals surface area contributed by atoms with Gasteiger partial charge in [0.05, 0.1) is 4.90 Å². The Morgan fingerprint density at radius 3 is 2.22 bits per heavy atom. The molecule has 2 N–H and O–H groups in total. The van der Waals surface area contributed by atoms with Crippen LogP contribution in [0.4, 0.5) is 0 Å². The second kappa shape index (κ2) is 4.92. The molecule has 0 heterocycles. The van der Waals surface area contributed by atoms with Crippen LogP contribution in [0.2, 0.25) is 0 Å². The van der Waals surface area contributed by atoms with Crippen LogP contribution in [0.1, 0.15) is 12.5 Å². The van der Waals surface area contributed by atoms with E-state index in [1.807, 2.05) is 12.1 Å². The predicted octanol–water partition coefficient (Wildman–Crippen LogP) is 2.56. The summed E-state index contributed by atoms with van der Waals surface area (Å²) in [6, 6.07) is 14.8. The minimum Gasteiger partial charge on any atom is -0.225 e. The molecule has 0 aromatic heterocycles. The molecule has 0 spiro atoms. The number of nitrogens with two attached hydrogens (primary N) is 1. The van der Waals surface area contributed by atoms with E-state index in [4.69, 9.17) is 5.14 Å². The summed E-state index contributed by atoms with van der Waals surface area (Å²) in [6.45, 7) is 2.10. The highest BCUT2D eigenvalue weighted by Gasteiger charge is 2.07. The van der Waals surface area contributed by atoms with Crippen molar-refractivity contribution in [2.45, 2.75) is 18.2 Å². The summed E-state index contributed by atoms with van der Waals surface area (Å²) < 4.78 is 22.3. The predicted molar refractivity (Wildman–Crippen MR) is 72.6 cm³/mol. The zero-order chi connectivity index (χ0) is 13.2. The minimum atomic E-state index is -3.61. The Labute approximate surface area is 107 Å². The summed E-state index contributed by atoms with van der Waals surface area (Å²) in [7, 11) is -3.61. The van der Waals surface area contributed by atoms with Crippen molar-refractivity contribution in [2.75, 3.05) is 0 Å². The molecule has 0 saturated carbocycles. The van der Waals surface area contributed by atoms with Gasteiger partial charge in [-0.15, -0.1) is 0 Å². The highest BCUT2D eigenvalue weighted by Crippen LogP contribution is 2.22. The van der Waals surface area contributed by atoms with Gasteiger partial charge in [0.15, 0.2) is 0 Å². The fourth-order valence-corrected chi connectivity index (χ4v) is 2.32. The quantitative estimate of drug-likeness (QED) is 0.923. The molecule has 0 saturated heterocycles. The number of rotatable bonds is 3. The van der Waals surface area contributed by atoms with Gasteiger partial charge in [-0.05, 0) is 35.2 Å². The van der Waals surface area contributed by atoms with Crippen molar-refractivity contribution in [3.05, 3.63) is 54.1 Å². The third-order valence-corrected chi connectivity index (χ3v) is 3.78. The molecule has 0 amide bonds. The lowest BCUT2D eigenvalue weighted by atomic mass is 10.0. The zero-order valence-electron chi connectivity index (χ0n) is 10.1. The number of hydrogen-bond acceptors (Lipinski definition) is 2. The average Bonchev–Trinajstić information content (AvgIpc) is 2.38. The summed E-state index contributed by atoms with van der Waals surface area (Å²) in [4.78, 5) is 0.137. The number of aryl methyl sites for hydroxylation is 1. The summed E-state index contributed by atoms with van der Waals surface area (Å²) in [5.74, 6) is 0. The Morgan fingerprint density at radius 1 is 1.00 bits per heavy atom. The third-order valence-electron chi connectivity index (χ3n) is 2.85. The van der Waals surface area contributed by atoms with Gasteiger partial charge in [0.1, 0.15) is 0 Å². The molecule has 0 aliphatic rings. The Morgan fingerprint density at radius 2 is 1.67 bits per heavy atom. The van der Waals surface area contributed by atoms with Gasteiger partial charge >= 0.3 is 0 Å². The molecule has 2 aromatic carbocycles. The van der Waals surface area contributed by atoms with Crippen LogP contribution in [0.5, 0.6) is 0 Å². The molecule has 2 aromatic rings. The first kappa shape index (κ1) is 12.8. The highest BCUT2D eigenvalue weighted by molar-refractivity contribution is 7.89. The maximum absolute atomic E-state index is 11.2. The molecule has 0 aliphatic carbocycles. The van der Waals surface area contributed by atoms with Crippen molar-refractivity contribution in [2.24, 2.45) is 5.14 Å². The molecule has 3 nitrogen and oxygen atoms in total. The number of sulfonamides is 1. The van der Waals surface area contributed by atoms with Crippen LogP contribution in [-0.4, -0.2) is 8.42 Å². The smallest absolute Gasteiger partial charge is 0.225 e. The maximum atomic E-state index is 11.2. The Bertz CT molecular complexity index is 646. The van der Waals surface area contributed by atoms with Crippen LogP contribution in [0, 0.1) is 0 Å². The van der Waals surface area contributed by atoms with Crippen LogP contribution < -0.4 is 5.14 Å². The molecule has 94 valence electrons. The molecule has 0 radical (unpaired) electrons. The molecular weight excluding hydrogens is 246 g/mol. The topological polar surface area (TPSA) is 60.2 Å². The van der Waals surface area contributed by atoms with Gasteiger partial charge in [0.25, 0.3) is 0 Å². The van der Waals surface area contributed by atoms with E-state index in [0.717, 1.165) is 17.5 Å². The van der Waals surface area contributed by atoms with Gasteiger partial charge in [-0.2, -0.15) is 0 Å². The summed E-state index contributed by atoms with van der Waals surface area (Å²) in [5, 5.41) is 5.06. The summed E-state index contributed by atoms with van der Waals surface area (Å²) in [5.41, 5.74) is 3.32. The van der Waals surface area contributed by atoms with Crippen LogP contribution in [0.25, 0.3) is 11.1 Å². The molecule has 0 atom stereocenters. The van der Waals surface area contributed by atoms with Gasteiger partial charge < -0.3 is 0 Å². The van der Waals surface area contributed by atoms with Gasteiger partial charge in [-0.25, -0.2) is 13.6 Å². The zero-order valence-corrected chi connectivity index (χ0v) is 10.9. The van der Waals surface area contributed by atoms with Crippen molar-refractivity contribution < 1.29 is 8.42 Å². The third kappa shape index (κ3) is 2.78. The number of primary sulfonamides is 1. The largest absolute Gasteiger partial charge is 0.238 e. The first-order valence-corrected chi connectivity index (χ1v) is 7.27. The molecular formula is C14H15NO2S. The number of hydrogen-bond donors (Lipinski definition) is 1. The highest BCUT2D eigenvalue weighted by atomic mass is 32.2. The van der Waals surface area contributed by atoms with E-state index in [1.54, 1.807) is 12.1 Å². The second-order valence-corrected chi connectivity index (χ2v) is 5.68. The van der Waals surface area contributed by atoms with E-state index >= 15 is 0 Å². The lowest BCUT2D eigenvalue weighted by Crippen LogP contribution is -2.11. The molecule has 2 rings (SSSR count). The van der Waals surface area contributed by atoms with E-state index in [1.165, 1.54) is 17.7 Å². The van der Waals surface area contributed by atoms with E-state index in [-0.39, 0.29) is 4.90 Å². The first-order valence-electron chi connectivity index (χ1n) is 5.73. The fourth-order valence-electron chi connectivity index (χ4n) is 1.81. The van der Waals surface area contributed by atoms with Crippen LogP contribution in [0.3, 0.4) is 0 Å². The standard InChI is InChI=1S/C14H15NO2S/c1-2-11-4-3-5-13(10-11)12-6-8-14(9-7-12)18(15,16)17/h3-10H,2H2,1H3,(H2,15,16,17). The lowest BCUT2D eigenvalue weighted by Gasteiger charge is -2.05. The van der Waals surface area contributed by atoms with Crippen molar-refractivity contribution in [1.82, 2.24) is 0 Å². The maximum Gasteiger partial charge on any atom is 0.238 e. The van der Waals surface area contributed by atoms with Gasteiger partial charge in [-0.3, -0.25) is 0 Å². The van der Waals surface area contributed by atoms with Gasteiger partial charge in [-0.1, -0.05) is 43.3 Å². The van der Waals surface area contributed by atoms with Crippen molar-refractivity contribution in [3.8, 4) is 11.1 Å². The molecule has 0 aliphatic heterocycles. The molecule has 0 bridgehead atoms. The van der Waals surface area contributed by atoms with E-state index in [0.29, 0.717) is 0 Å². The second-order valence-electron chi connectivity index (χ2n) is 4.12. The van der Waals surface area contributed by atoms with Crippen molar-refractivity contribution >= 4 is 10.0 Å². The average molecular weight is 261 g/mol. The SMILES string of the molecule is CCc1cccc(-c2ccc(S(N)(=O)=O)cc2)c1. The van der Waals surface area contributed by atoms with E-state index in [9.17, 15) is 8.42 Å². The minimum absolute atomic E-state index is 0.137. The van der Waals surface area contributed by atoms with E-state index in [2.05, 4.69) is 19.1 Å². The van der Waals surface area contributed by atoms with Crippen molar-refractivity contribution in [1.29, 1.82) is 0 Å². The number of benzene rings is 2. The monoisotopic (exact) mass is 261 g/mol. The van der Waals surface area contributed by atoms with Crippen molar-refractivity contribution in [3.63, 3.8) is 0 Å². The van der Waals surface area contributed by atoms with Crippen LogP contribution >= 0.6 is 0 Å². The molecule has 18 heavy (non-hydrogen) atoms. The summed E-state index contributed by atoms with van der Waals surface area (Å²) >= 11 is 0. The molecule has 0 fully saturated rings. The lowest BCUT2D eigenvalue weighted by molar-refractivity contribution is 0.598.